The van der Waals surface area contributed by atoms with E-state index < -0.39 is 11.7 Å². The maximum absolute atomic E-state index is 13.0. The van der Waals surface area contributed by atoms with Crippen LogP contribution in [0.5, 0.6) is 5.75 Å². The molecular formula is C13H7Cl3FNO2. The standard InChI is InChI=1S/C13H7Cl3FNO2/c14-6-1-2-11(19)8(3-6)13(20)18-12-9(15)4-7(17)5-10(12)16/h1-5,19H,(H,18,20). The summed E-state index contributed by atoms with van der Waals surface area (Å²) in [5.41, 5.74) is 0.00747. The maximum Gasteiger partial charge on any atom is 0.259 e. The Labute approximate surface area is 128 Å². The monoisotopic (exact) mass is 333 g/mol. The van der Waals surface area contributed by atoms with E-state index in [1.165, 1.54) is 18.2 Å². The third kappa shape index (κ3) is 3.15. The van der Waals surface area contributed by atoms with Crippen LogP contribution < -0.4 is 5.32 Å². The first kappa shape index (κ1) is 14.9. The smallest absolute Gasteiger partial charge is 0.259 e. The molecule has 2 N–H and O–H groups in total. The van der Waals surface area contributed by atoms with Crippen molar-refractivity contribution in [2.24, 2.45) is 0 Å². The van der Waals surface area contributed by atoms with E-state index in [1.54, 1.807) is 0 Å². The van der Waals surface area contributed by atoms with Gasteiger partial charge in [-0.2, -0.15) is 0 Å². The lowest BCUT2D eigenvalue weighted by atomic mass is 10.2. The molecule has 0 aliphatic carbocycles. The molecule has 0 saturated heterocycles. The molecule has 0 aliphatic rings. The fraction of sp³-hybridized carbons (Fsp3) is 0. The number of hydrogen-bond acceptors (Lipinski definition) is 2. The van der Waals surface area contributed by atoms with Gasteiger partial charge in [-0.1, -0.05) is 34.8 Å². The molecule has 1 amide bonds. The molecule has 0 radical (unpaired) electrons. The first-order valence-electron chi connectivity index (χ1n) is 5.33. The number of rotatable bonds is 2. The van der Waals surface area contributed by atoms with Crippen LogP contribution in [0.2, 0.25) is 15.1 Å². The Kier molecular flexibility index (Phi) is 4.38. The molecule has 0 spiro atoms. The molecule has 104 valence electrons. The maximum atomic E-state index is 13.0. The van der Waals surface area contributed by atoms with Gasteiger partial charge in [0.15, 0.2) is 0 Å². The lowest BCUT2D eigenvalue weighted by Crippen LogP contribution is -2.13. The van der Waals surface area contributed by atoms with Gasteiger partial charge in [-0.05, 0) is 30.3 Å². The summed E-state index contributed by atoms with van der Waals surface area (Å²) < 4.78 is 13.0. The van der Waals surface area contributed by atoms with Gasteiger partial charge in [0.1, 0.15) is 11.6 Å². The van der Waals surface area contributed by atoms with E-state index in [4.69, 9.17) is 34.8 Å². The van der Waals surface area contributed by atoms with Gasteiger partial charge in [0, 0.05) is 5.02 Å². The number of aromatic hydroxyl groups is 1. The molecule has 20 heavy (non-hydrogen) atoms. The van der Waals surface area contributed by atoms with Gasteiger partial charge in [0.25, 0.3) is 5.91 Å². The first-order valence-corrected chi connectivity index (χ1v) is 6.46. The van der Waals surface area contributed by atoms with Crippen LogP contribution in [0.4, 0.5) is 10.1 Å². The number of carbonyl (C=O) groups excluding carboxylic acids is 1. The minimum absolute atomic E-state index is 0.0473. The average Bonchev–Trinajstić information content (AvgIpc) is 2.36. The second-order valence-electron chi connectivity index (χ2n) is 3.86. The fourth-order valence-electron chi connectivity index (χ4n) is 1.53. The summed E-state index contributed by atoms with van der Waals surface area (Å²) in [5.74, 6) is -1.54. The molecular weight excluding hydrogens is 328 g/mol. The highest BCUT2D eigenvalue weighted by Crippen LogP contribution is 2.32. The topological polar surface area (TPSA) is 49.3 Å². The van der Waals surface area contributed by atoms with E-state index in [0.717, 1.165) is 12.1 Å². The van der Waals surface area contributed by atoms with Crippen molar-refractivity contribution < 1.29 is 14.3 Å². The lowest BCUT2D eigenvalue weighted by Gasteiger charge is -2.10. The molecule has 0 unspecified atom stereocenters. The van der Waals surface area contributed by atoms with Crippen molar-refractivity contribution in [3.05, 3.63) is 56.8 Å². The van der Waals surface area contributed by atoms with E-state index >= 15 is 0 Å². The largest absolute Gasteiger partial charge is 0.507 e. The van der Waals surface area contributed by atoms with Crippen molar-refractivity contribution in [2.75, 3.05) is 5.32 Å². The van der Waals surface area contributed by atoms with Gasteiger partial charge < -0.3 is 10.4 Å². The molecule has 2 rings (SSSR count). The molecule has 0 fully saturated rings. The third-order valence-electron chi connectivity index (χ3n) is 2.45. The summed E-state index contributed by atoms with van der Waals surface area (Å²) in [6.07, 6.45) is 0. The summed E-state index contributed by atoms with van der Waals surface area (Å²) >= 11 is 17.4. The number of hydrogen-bond donors (Lipinski definition) is 2. The number of nitrogens with one attached hydrogen (secondary N) is 1. The van der Waals surface area contributed by atoms with Crippen LogP contribution in [0.3, 0.4) is 0 Å². The van der Waals surface area contributed by atoms with E-state index in [0.29, 0.717) is 0 Å². The van der Waals surface area contributed by atoms with Crippen LogP contribution in [-0.2, 0) is 0 Å². The number of amides is 1. The van der Waals surface area contributed by atoms with Crippen molar-refractivity contribution in [1.82, 2.24) is 0 Å². The van der Waals surface area contributed by atoms with Gasteiger partial charge in [-0.25, -0.2) is 4.39 Å². The van der Waals surface area contributed by atoms with E-state index in [1.807, 2.05) is 0 Å². The Hall–Kier alpha value is -1.49. The number of halogens is 4. The Morgan fingerprint density at radius 2 is 1.70 bits per heavy atom. The zero-order valence-corrected chi connectivity index (χ0v) is 12.0. The van der Waals surface area contributed by atoms with Crippen LogP contribution in [0.15, 0.2) is 30.3 Å². The van der Waals surface area contributed by atoms with Gasteiger partial charge in [0.05, 0.1) is 21.3 Å². The lowest BCUT2D eigenvalue weighted by molar-refractivity contribution is 0.102. The molecule has 0 atom stereocenters. The summed E-state index contributed by atoms with van der Waals surface area (Å²) in [7, 11) is 0. The number of phenolic OH excluding ortho intramolecular Hbond substituents is 1. The van der Waals surface area contributed by atoms with Crippen LogP contribution in [0, 0.1) is 5.82 Å². The molecule has 3 nitrogen and oxygen atoms in total. The molecule has 0 heterocycles. The van der Waals surface area contributed by atoms with Crippen molar-refractivity contribution in [1.29, 1.82) is 0 Å². The van der Waals surface area contributed by atoms with Crippen LogP contribution in [0.25, 0.3) is 0 Å². The van der Waals surface area contributed by atoms with E-state index in [9.17, 15) is 14.3 Å². The van der Waals surface area contributed by atoms with E-state index in [-0.39, 0.29) is 32.1 Å². The number of benzene rings is 2. The van der Waals surface area contributed by atoms with Gasteiger partial charge in [-0.3, -0.25) is 4.79 Å². The fourth-order valence-corrected chi connectivity index (χ4v) is 2.26. The normalized spacial score (nSPS) is 10.4. The Morgan fingerprint density at radius 1 is 1.10 bits per heavy atom. The van der Waals surface area contributed by atoms with Crippen molar-refractivity contribution in [2.45, 2.75) is 0 Å². The summed E-state index contributed by atoms with van der Waals surface area (Å²) in [4.78, 5) is 12.0. The Balaban J connectivity index is 2.35. The van der Waals surface area contributed by atoms with Crippen LogP contribution >= 0.6 is 34.8 Å². The minimum Gasteiger partial charge on any atom is -0.507 e. The predicted octanol–water partition coefficient (Wildman–Crippen LogP) is 4.74. The number of phenols is 1. The van der Waals surface area contributed by atoms with E-state index in [2.05, 4.69) is 5.32 Å². The molecule has 2 aromatic carbocycles. The van der Waals surface area contributed by atoms with Gasteiger partial charge in [0.2, 0.25) is 0 Å². The highest BCUT2D eigenvalue weighted by Gasteiger charge is 2.16. The highest BCUT2D eigenvalue weighted by molar-refractivity contribution is 6.40. The zero-order chi connectivity index (χ0) is 14.9. The number of anilines is 1. The molecule has 0 bridgehead atoms. The molecule has 0 aliphatic heterocycles. The predicted molar refractivity (Wildman–Crippen MR) is 77.5 cm³/mol. The summed E-state index contributed by atoms with van der Waals surface area (Å²) in [6, 6.07) is 6.04. The second-order valence-corrected chi connectivity index (χ2v) is 5.11. The van der Waals surface area contributed by atoms with Crippen molar-refractivity contribution in [3.8, 4) is 5.75 Å². The highest BCUT2D eigenvalue weighted by atomic mass is 35.5. The zero-order valence-electron chi connectivity index (χ0n) is 9.75. The Morgan fingerprint density at radius 3 is 2.30 bits per heavy atom. The summed E-state index contributed by atoms with van der Waals surface area (Å²) in [6.45, 7) is 0. The minimum atomic E-state index is -0.666. The average molecular weight is 335 g/mol. The Bertz CT molecular complexity index is 668. The summed E-state index contributed by atoms with van der Waals surface area (Å²) in [5, 5.41) is 12.2. The molecule has 0 saturated carbocycles. The van der Waals surface area contributed by atoms with Crippen LogP contribution in [0.1, 0.15) is 10.4 Å². The second kappa shape index (κ2) is 5.87. The van der Waals surface area contributed by atoms with Gasteiger partial charge >= 0.3 is 0 Å². The molecule has 7 heteroatoms. The van der Waals surface area contributed by atoms with Crippen molar-refractivity contribution >= 4 is 46.4 Å². The van der Waals surface area contributed by atoms with Gasteiger partial charge in [-0.15, -0.1) is 0 Å². The number of carbonyl (C=O) groups is 1. The molecule has 2 aromatic rings. The quantitative estimate of drug-likeness (QED) is 0.833. The molecule has 0 aromatic heterocycles. The third-order valence-corrected chi connectivity index (χ3v) is 3.28. The van der Waals surface area contributed by atoms with Crippen molar-refractivity contribution in [3.63, 3.8) is 0 Å². The SMILES string of the molecule is O=C(Nc1c(Cl)cc(F)cc1Cl)c1cc(Cl)ccc1O. The first-order chi connectivity index (χ1) is 9.38. The van der Waals surface area contributed by atoms with Crippen LogP contribution in [-0.4, -0.2) is 11.0 Å².